The highest BCUT2D eigenvalue weighted by molar-refractivity contribution is 7.26. The minimum absolute atomic E-state index is 0.720. The average Bonchev–Trinajstić information content (AvgIpc) is 4.17. The molecular formula is C64H39N5S. The molecule has 70 heavy (non-hydrogen) atoms. The summed E-state index contributed by atoms with van der Waals surface area (Å²) in [5.74, 6) is 0.720. The Morgan fingerprint density at radius 3 is 1.31 bits per heavy atom. The summed E-state index contributed by atoms with van der Waals surface area (Å²) in [6.45, 7) is 0. The van der Waals surface area contributed by atoms with E-state index in [1.807, 2.05) is 6.07 Å². The van der Waals surface area contributed by atoms with Crippen LogP contribution in [0.15, 0.2) is 237 Å². The van der Waals surface area contributed by atoms with E-state index in [2.05, 4.69) is 244 Å². The number of benzene rings is 10. The van der Waals surface area contributed by atoms with Crippen LogP contribution in [0.4, 0.5) is 0 Å². The molecule has 0 fully saturated rings. The highest BCUT2D eigenvalue weighted by Gasteiger charge is 2.23. The van der Waals surface area contributed by atoms with Crippen molar-refractivity contribution in [2.45, 2.75) is 0 Å². The normalized spacial score (nSPS) is 12.0. The SMILES string of the molecule is c1ccc(-c2nc(-c3ccc(-n4c5ccc(-n6c7ccccc7c7ccccc76)cc5c5cc(-n6c7ccccc7c7ccccc76)ccc54)c(-c4ccccc4)c3)c3sc4ccccc4c3n2)cc1. The zero-order valence-corrected chi connectivity index (χ0v) is 38.5. The zero-order valence-electron chi connectivity index (χ0n) is 37.7. The maximum atomic E-state index is 5.41. The fourth-order valence-corrected chi connectivity index (χ4v) is 12.3. The largest absolute Gasteiger partial charge is 0.309 e. The second kappa shape index (κ2) is 15.2. The molecule has 0 saturated carbocycles. The molecule has 6 heteroatoms. The van der Waals surface area contributed by atoms with Crippen molar-refractivity contribution in [3.05, 3.63) is 237 Å². The Morgan fingerprint density at radius 2 is 0.771 bits per heavy atom. The van der Waals surface area contributed by atoms with Gasteiger partial charge in [0.15, 0.2) is 5.82 Å². The Kier molecular flexibility index (Phi) is 8.46. The highest BCUT2D eigenvalue weighted by atomic mass is 32.1. The van der Waals surface area contributed by atoms with Crippen LogP contribution in [0.25, 0.3) is 137 Å². The molecule has 10 aromatic carbocycles. The zero-order chi connectivity index (χ0) is 45.9. The number of para-hydroxylation sites is 4. The summed E-state index contributed by atoms with van der Waals surface area (Å²) in [6, 6.07) is 85.8. The first-order valence-electron chi connectivity index (χ1n) is 23.7. The van der Waals surface area contributed by atoms with Gasteiger partial charge in [-0.25, -0.2) is 9.97 Å². The Labute approximate surface area is 406 Å². The van der Waals surface area contributed by atoms with Gasteiger partial charge in [0.2, 0.25) is 0 Å². The minimum Gasteiger partial charge on any atom is -0.309 e. The van der Waals surface area contributed by atoms with E-state index in [-0.39, 0.29) is 0 Å². The molecule has 5 aromatic heterocycles. The lowest BCUT2D eigenvalue weighted by Crippen LogP contribution is -2.00. The van der Waals surface area contributed by atoms with Crippen LogP contribution in [0, 0.1) is 0 Å². The Bertz CT molecular complexity index is 4320. The summed E-state index contributed by atoms with van der Waals surface area (Å²) in [5.41, 5.74) is 16.5. The number of rotatable bonds is 6. The molecule has 15 rings (SSSR count). The lowest BCUT2D eigenvalue weighted by molar-refractivity contribution is 1.16. The Morgan fingerprint density at radius 1 is 0.314 bits per heavy atom. The minimum atomic E-state index is 0.720. The van der Waals surface area contributed by atoms with Crippen LogP contribution >= 0.6 is 11.3 Å². The number of hydrogen-bond acceptors (Lipinski definition) is 3. The molecule has 0 unspecified atom stereocenters. The van der Waals surface area contributed by atoms with Crippen molar-refractivity contribution in [3.8, 4) is 50.8 Å². The van der Waals surface area contributed by atoms with Crippen molar-refractivity contribution in [1.82, 2.24) is 23.7 Å². The molecular weight excluding hydrogens is 871 g/mol. The van der Waals surface area contributed by atoms with Crippen molar-refractivity contribution in [2.24, 2.45) is 0 Å². The van der Waals surface area contributed by atoms with Gasteiger partial charge in [-0.1, -0.05) is 158 Å². The predicted octanol–water partition coefficient (Wildman–Crippen LogP) is 17.1. The van der Waals surface area contributed by atoms with E-state index in [4.69, 9.17) is 9.97 Å². The Hall–Kier alpha value is -9.10. The van der Waals surface area contributed by atoms with Gasteiger partial charge in [0, 0.05) is 70.5 Å². The van der Waals surface area contributed by atoms with Crippen molar-refractivity contribution >= 4 is 97.1 Å². The summed E-state index contributed by atoms with van der Waals surface area (Å²) in [7, 11) is 0. The number of fused-ring (bicyclic) bond motifs is 12. The van der Waals surface area contributed by atoms with Crippen molar-refractivity contribution in [3.63, 3.8) is 0 Å². The third-order valence-electron chi connectivity index (χ3n) is 14.3. The van der Waals surface area contributed by atoms with Gasteiger partial charge in [-0.05, 0) is 84.4 Å². The Balaban J connectivity index is 1.02. The van der Waals surface area contributed by atoms with E-state index in [9.17, 15) is 0 Å². The molecule has 5 nitrogen and oxygen atoms in total. The number of nitrogens with zero attached hydrogens (tertiary/aromatic N) is 5. The van der Waals surface area contributed by atoms with Gasteiger partial charge in [-0.15, -0.1) is 11.3 Å². The lowest BCUT2D eigenvalue weighted by Gasteiger charge is -2.17. The van der Waals surface area contributed by atoms with Crippen molar-refractivity contribution in [2.75, 3.05) is 0 Å². The quantitative estimate of drug-likeness (QED) is 0.167. The molecule has 0 radical (unpaired) electrons. The van der Waals surface area contributed by atoms with Crippen LogP contribution < -0.4 is 0 Å². The third-order valence-corrected chi connectivity index (χ3v) is 15.4. The molecule has 0 N–H and O–H groups in total. The predicted molar refractivity (Wildman–Crippen MR) is 294 cm³/mol. The van der Waals surface area contributed by atoms with Gasteiger partial charge in [0.1, 0.15) is 0 Å². The maximum Gasteiger partial charge on any atom is 0.160 e. The maximum absolute atomic E-state index is 5.41. The molecule has 0 saturated heterocycles. The molecule has 0 atom stereocenters. The standard InChI is InChI=1S/C64H39N5S/c1-3-17-40(18-4-1)50-37-42(61-63-62(49-25-11-16-30-60(49)70-63)66-64(65-61)41-19-5-2-6-20-41)31-34-57(50)69-58-35-32-43(67-53-26-12-7-21-45(53)46-22-8-13-27-54(46)67)38-51(58)52-39-44(33-36-59(52)69)68-55-28-14-9-23-47(55)48-24-10-15-29-56(48)68/h1-39H. The molecule has 15 aromatic rings. The highest BCUT2D eigenvalue weighted by Crippen LogP contribution is 2.44. The first kappa shape index (κ1) is 38.9. The third kappa shape index (κ3) is 5.78. The summed E-state index contributed by atoms with van der Waals surface area (Å²) in [5, 5.41) is 8.48. The van der Waals surface area contributed by atoms with Crippen LogP contribution in [0.2, 0.25) is 0 Å². The van der Waals surface area contributed by atoms with E-state index in [0.29, 0.717) is 0 Å². The topological polar surface area (TPSA) is 40.6 Å². The van der Waals surface area contributed by atoms with Crippen LogP contribution in [-0.4, -0.2) is 23.7 Å². The van der Waals surface area contributed by atoms with Gasteiger partial charge in [-0.2, -0.15) is 0 Å². The molecule has 0 aliphatic carbocycles. The average molecular weight is 910 g/mol. The van der Waals surface area contributed by atoms with Crippen LogP contribution in [0.3, 0.4) is 0 Å². The first-order chi connectivity index (χ1) is 34.7. The molecule has 0 aliphatic rings. The molecule has 0 bridgehead atoms. The van der Waals surface area contributed by atoms with E-state index >= 15 is 0 Å². The van der Waals surface area contributed by atoms with E-state index in [1.54, 1.807) is 11.3 Å². The smallest absolute Gasteiger partial charge is 0.160 e. The van der Waals surface area contributed by atoms with Crippen LogP contribution in [-0.2, 0) is 0 Å². The first-order valence-corrected chi connectivity index (χ1v) is 24.6. The number of aromatic nitrogens is 5. The van der Waals surface area contributed by atoms with E-state index in [1.165, 1.54) is 59.1 Å². The fourth-order valence-electron chi connectivity index (χ4n) is 11.2. The van der Waals surface area contributed by atoms with Gasteiger partial charge in [0.25, 0.3) is 0 Å². The van der Waals surface area contributed by atoms with Crippen molar-refractivity contribution in [1.29, 1.82) is 0 Å². The molecule has 5 heterocycles. The van der Waals surface area contributed by atoms with Gasteiger partial charge in [0.05, 0.1) is 54.7 Å². The van der Waals surface area contributed by atoms with Gasteiger partial charge >= 0.3 is 0 Å². The van der Waals surface area contributed by atoms with Gasteiger partial charge < -0.3 is 13.7 Å². The fraction of sp³-hybridized carbons (Fsp3) is 0. The van der Waals surface area contributed by atoms with E-state index in [0.717, 1.165) is 77.5 Å². The van der Waals surface area contributed by atoms with E-state index < -0.39 is 0 Å². The van der Waals surface area contributed by atoms with Crippen LogP contribution in [0.1, 0.15) is 0 Å². The second-order valence-electron chi connectivity index (χ2n) is 18.1. The number of thiophene rings is 1. The second-order valence-corrected chi connectivity index (χ2v) is 19.2. The number of hydrogen-bond donors (Lipinski definition) is 0. The molecule has 0 spiro atoms. The monoisotopic (exact) mass is 909 g/mol. The summed E-state index contributed by atoms with van der Waals surface area (Å²) in [6.07, 6.45) is 0. The summed E-state index contributed by atoms with van der Waals surface area (Å²) < 4.78 is 9.61. The van der Waals surface area contributed by atoms with Gasteiger partial charge in [-0.3, -0.25) is 0 Å². The summed E-state index contributed by atoms with van der Waals surface area (Å²) >= 11 is 1.76. The molecule has 326 valence electrons. The summed E-state index contributed by atoms with van der Waals surface area (Å²) in [4.78, 5) is 10.6. The molecule has 0 aliphatic heterocycles. The molecule has 0 amide bonds. The lowest BCUT2D eigenvalue weighted by atomic mass is 9.98. The van der Waals surface area contributed by atoms with Crippen molar-refractivity contribution < 1.29 is 0 Å². The van der Waals surface area contributed by atoms with Crippen LogP contribution in [0.5, 0.6) is 0 Å².